The topological polar surface area (TPSA) is 63.9 Å². The molecule has 1 aliphatic heterocycles. The predicted molar refractivity (Wildman–Crippen MR) is 130 cm³/mol. The van der Waals surface area contributed by atoms with Crippen molar-refractivity contribution >= 4 is 17.5 Å². The second-order valence-electron chi connectivity index (χ2n) is 9.93. The molecular formula is C26H29ClFN5O. The Labute approximate surface area is 204 Å². The maximum absolute atomic E-state index is 14.8. The number of aryl methyl sites for hydroxylation is 1. The predicted octanol–water partition coefficient (Wildman–Crippen LogP) is 5.86. The van der Waals surface area contributed by atoms with E-state index in [4.69, 9.17) is 11.6 Å². The smallest absolute Gasteiger partial charge is 0.256 e. The monoisotopic (exact) mass is 481 g/mol. The van der Waals surface area contributed by atoms with E-state index in [2.05, 4.69) is 15.1 Å². The molecule has 5 rings (SSSR count). The van der Waals surface area contributed by atoms with E-state index < -0.39 is 5.67 Å². The van der Waals surface area contributed by atoms with Gasteiger partial charge in [-0.05, 0) is 56.7 Å². The third-order valence-electron chi connectivity index (χ3n) is 6.64. The van der Waals surface area contributed by atoms with Gasteiger partial charge < -0.3 is 4.90 Å². The van der Waals surface area contributed by atoms with Crippen LogP contribution in [0.3, 0.4) is 0 Å². The van der Waals surface area contributed by atoms with Gasteiger partial charge in [-0.1, -0.05) is 24.9 Å². The Morgan fingerprint density at radius 2 is 2.00 bits per heavy atom. The number of rotatable bonds is 8. The zero-order valence-corrected chi connectivity index (χ0v) is 20.6. The third-order valence-corrected chi connectivity index (χ3v) is 7.02. The van der Waals surface area contributed by atoms with Crippen molar-refractivity contribution in [3.63, 3.8) is 0 Å². The lowest BCUT2D eigenvalue weighted by Gasteiger charge is -2.19. The van der Waals surface area contributed by atoms with Gasteiger partial charge in [0.2, 0.25) is 0 Å². The fourth-order valence-corrected chi connectivity index (χ4v) is 4.81. The van der Waals surface area contributed by atoms with Crippen LogP contribution in [-0.4, -0.2) is 42.8 Å². The van der Waals surface area contributed by atoms with Crippen molar-refractivity contribution in [2.75, 3.05) is 6.54 Å². The van der Waals surface area contributed by atoms with Gasteiger partial charge in [-0.3, -0.25) is 14.5 Å². The lowest BCUT2D eigenvalue weighted by molar-refractivity contribution is 0.0770. The zero-order valence-electron chi connectivity index (χ0n) is 19.8. The molecular weight excluding hydrogens is 453 g/mol. The molecule has 0 bridgehead atoms. The molecule has 0 spiro atoms. The maximum atomic E-state index is 14.8. The highest BCUT2D eigenvalue weighted by Crippen LogP contribution is 2.37. The van der Waals surface area contributed by atoms with Gasteiger partial charge in [-0.25, -0.2) is 9.37 Å². The number of alkyl halides is 1. The second kappa shape index (κ2) is 8.77. The lowest BCUT2D eigenvalue weighted by atomic mass is 10.00. The van der Waals surface area contributed by atoms with Crippen LogP contribution in [0.4, 0.5) is 4.39 Å². The Morgan fingerprint density at radius 3 is 2.74 bits per heavy atom. The number of aromatic nitrogens is 4. The van der Waals surface area contributed by atoms with Crippen LogP contribution in [0.5, 0.6) is 0 Å². The number of amides is 1. The first-order valence-electron chi connectivity index (χ1n) is 11.9. The summed E-state index contributed by atoms with van der Waals surface area (Å²) in [5, 5.41) is 4.80. The number of fused-ring (bicyclic) bond motifs is 1. The number of pyridine rings is 2. The highest BCUT2D eigenvalue weighted by molar-refractivity contribution is 6.30. The highest BCUT2D eigenvalue weighted by Gasteiger charge is 2.34. The highest BCUT2D eigenvalue weighted by atomic mass is 35.5. The number of hydrogen-bond donors (Lipinski definition) is 0. The van der Waals surface area contributed by atoms with Crippen molar-refractivity contribution in [1.29, 1.82) is 0 Å². The van der Waals surface area contributed by atoms with Gasteiger partial charge in [0.1, 0.15) is 10.8 Å². The van der Waals surface area contributed by atoms with E-state index in [1.807, 2.05) is 37.1 Å². The molecule has 1 atom stereocenters. The van der Waals surface area contributed by atoms with E-state index in [9.17, 15) is 9.18 Å². The van der Waals surface area contributed by atoms with Gasteiger partial charge >= 0.3 is 0 Å². The van der Waals surface area contributed by atoms with Gasteiger partial charge in [0, 0.05) is 35.6 Å². The Kier molecular flexibility index (Phi) is 5.92. The van der Waals surface area contributed by atoms with E-state index in [1.165, 1.54) is 12.8 Å². The number of hydrogen-bond acceptors (Lipinski definition) is 4. The molecule has 8 heteroatoms. The normalized spacial score (nSPS) is 17.2. The summed E-state index contributed by atoms with van der Waals surface area (Å²) in [6.07, 6.45) is 8.96. The first-order chi connectivity index (χ1) is 16.2. The first-order valence-corrected chi connectivity index (χ1v) is 12.3. The molecule has 3 aromatic heterocycles. The molecule has 34 heavy (non-hydrogen) atoms. The molecule has 1 saturated carbocycles. The lowest BCUT2D eigenvalue weighted by Crippen LogP contribution is -2.26. The number of halogens is 2. The van der Waals surface area contributed by atoms with Gasteiger partial charge in [-0.15, -0.1) is 0 Å². The quantitative estimate of drug-likeness (QED) is 0.378. The van der Waals surface area contributed by atoms with Gasteiger partial charge in [0.15, 0.2) is 0 Å². The Morgan fingerprint density at radius 1 is 1.21 bits per heavy atom. The van der Waals surface area contributed by atoms with Crippen LogP contribution < -0.4 is 0 Å². The van der Waals surface area contributed by atoms with E-state index in [-0.39, 0.29) is 12.5 Å². The molecule has 0 radical (unpaired) electrons. The molecule has 6 nitrogen and oxygen atoms in total. The third kappa shape index (κ3) is 4.58. The van der Waals surface area contributed by atoms with Crippen molar-refractivity contribution in [2.45, 2.75) is 65.2 Å². The van der Waals surface area contributed by atoms with Crippen molar-refractivity contribution in [3.05, 3.63) is 52.7 Å². The second-order valence-corrected chi connectivity index (χ2v) is 10.3. The minimum absolute atomic E-state index is 0.0296. The van der Waals surface area contributed by atoms with E-state index in [0.717, 1.165) is 40.9 Å². The molecule has 1 amide bonds. The van der Waals surface area contributed by atoms with Crippen LogP contribution in [0.15, 0.2) is 30.7 Å². The van der Waals surface area contributed by atoms with Crippen molar-refractivity contribution in [1.82, 2.24) is 24.6 Å². The van der Waals surface area contributed by atoms with Crippen molar-refractivity contribution in [2.24, 2.45) is 5.92 Å². The molecule has 3 aromatic rings. The largest absolute Gasteiger partial charge is 0.332 e. The van der Waals surface area contributed by atoms with Gasteiger partial charge in [-0.2, -0.15) is 5.10 Å². The summed E-state index contributed by atoms with van der Waals surface area (Å²) in [4.78, 5) is 24.2. The summed E-state index contributed by atoms with van der Waals surface area (Å²) in [6, 6.07) is 3.83. The SMILES string of the molecule is CCCC(C)(F)Cn1cc(-c2cc(C)c(Cl)nc2-c2cnc3c(c2)C(=O)N(CC2CC2)C3)cn1. The molecule has 1 aliphatic carbocycles. The molecule has 0 N–H and O–H groups in total. The molecule has 2 aliphatic rings. The first kappa shape index (κ1) is 23.0. The molecule has 4 heterocycles. The summed E-state index contributed by atoms with van der Waals surface area (Å²) >= 11 is 6.41. The number of carbonyl (C=O) groups is 1. The summed E-state index contributed by atoms with van der Waals surface area (Å²) in [5.41, 5.74) is 3.94. The Hall–Kier alpha value is -2.80. The van der Waals surface area contributed by atoms with E-state index in [1.54, 1.807) is 24.0 Å². The fourth-order valence-electron chi connectivity index (χ4n) is 4.67. The average Bonchev–Trinajstić information content (AvgIpc) is 3.40. The van der Waals surface area contributed by atoms with E-state index >= 15 is 0 Å². The van der Waals surface area contributed by atoms with Crippen LogP contribution in [0, 0.1) is 12.8 Å². The summed E-state index contributed by atoms with van der Waals surface area (Å²) in [6.45, 7) is 7.02. The molecule has 0 aromatic carbocycles. The van der Waals surface area contributed by atoms with Crippen LogP contribution in [0.25, 0.3) is 22.4 Å². The van der Waals surface area contributed by atoms with Gasteiger partial charge in [0.05, 0.1) is 36.2 Å². The summed E-state index contributed by atoms with van der Waals surface area (Å²) in [5.74, 6) is 0.656. The van der Waals surface area contributed by atoms with Crippen LogP contribution >= 0.6 is 11.6 Å². The minimum Gasteiger partial charge on any atom is -0.332 e. The van der Waals surface area contributed by atoms with Crippen LogP contribution in [-0.2, 0) is 13.1 Å². The van der Waals surface area contributed by atoms with E-state index in [0.29, 0.717) is 35.3 Å². The number of nitrogens with zero attached hydrogens (tertiary/aromatic N) is 5. The molecule has 0 saturated heterocycles. The molecule has 1 unspecified atom stereocenters. The Bertz CT molecular complexity index is 1250. The summed E-state index contributed by atoms with van der Waals surface area (Å²) in [7, 11) is 0. The fraction of sp³-hybridized carbons (Fsp3) is 0.462. The molecule has 178 valence electrons. The Balaban J connectivity index is 1.49. The zero-order chi connectivity index (χ0) is 24.0. The average molecular weight is 482 g/mol. The summed E-state index contributed by atoms with van der Waals surface area (Å²) < 4.78 is 16.4. The van der Waals surface area contributed by atoms with Crippen LogP contribution in [0.2, 0.25) is 5.15 Å². The maximum Gasteiger partial charge on any atom is 0.256 e. The van der Waals surface area contributed by atoms with Crippen LogP contribution in [0.1, 0.15) is 61.1 Å². The minimum atomic E-state index is -1.33. The molecule has 1 fully saturated rings. The van der Waals surface area contributed by atoms with Crippen molar-refractivity contribution in [3.8, 4) is 22.4 Å². The number of carbonyl (C=O) groups excluding carboxylic acids is 1. The standard InChI is InChI=1S/C26H29ClFN5O/c1-4-7-26(3,28)15-33-13-19(11-30-33)20-8-16(2)24(27)31-23(20)18-9-21-22(29-10-18)14-32(25(21)34)12-17-5-6-17/h8-11,13,17H,4-7,12,14-15H2,1-3H3. The van der Waals surface area contributed by atoms with Crippen molar-refractivity contribution < 1.29 is 9.18 Å². The van der Waals surface area contributed by atoms with Gasteiger partial charge in [0.25, 0.3) is 5.91 Å².